The maximum atomic E-state index is 6.04. The Labute approximate surface area is 99.8 Å². The van der Waals surface area contributed by atoms with E-state index < -0.39 is 0 Å². The van der Waals surface area contributed by atoms with E-state index in [0.29, 0.717) is 0 Å². The summed E-state index contributed by atoms with van der Waals surface area (Å²) in [5.74, 6) is 0.997. The van der Waals surface area contributed by atoms with E-state index in [-0.39, 0.29) is 11.2 Å². The lowest BCUT2D eigenvalue weighted by Gasteiger charge is -2.47. The number of hydrogen-bond acceptors (Lipinski definition) is 3. The summed E-state index contributed by atoms with van der Waals surface area (Å²) < 4.78 is 6.04. The van der Waals surface area contributed by atoms with Crippen LogP contribution in [0.4, 0.5) is 0 Å². The highest BCUT2D eigenvalue weighted by molar-refractivity contribution is 7.80. The molecular formula is C12H25NOS. The van der Waals surface area contributed by atoms with Crippen molar-refractivity contribution in [3.63, 3.8) is 0 Å². The van der Waals surface area contributed by atoms with Crippen LogP contribution in [0, 0.1) is 0 Å². The molecule has 1 fully saturated rings. The van der Waals surface area contributed by atoms with Crippen LogP contribution in [-0.4, -0.2) is 41.5 Å². The molecule has 0 unspecified atom stereocenters. The number of hydrogen-bond donors (Lipinski definition) is 1. The fourth-order valence-electron chi connectivity index (χ4n) is 2.55. The van der Waals surface area contributed by atoms with Gasteiger partial charge in [0.05, 0.1) is 11.2 Å². The molecule has 0 bridgehead atoms. The van der Waals surface area contributed by atoms with Crippen molar-refractivity contribution in [3.05, 3.63) is 0 Å². The first-order valence-corrected chi connectivity index (χ1v) is 6.51. The van der Waals surface area contributed by atoms with Crippen LogP contribution in [0.3, 0.4) is 0 Å². The first kappa shape index (κ1) is 13.3. The Morgan fingerprint density at radius 1 is 1.07 bits per heavy atom. The van der Waals surface area contributed by atoms with Gasteiger partial charge in [0.2, 0.25) is 0 Å². The predicted molar refractivity (Wildman–Crippen MR) is 68.8 cm³/mol. The van der Waals surface area contributed by atoms with Gasteiger partial charge >= 0.3 is 0 Å². The van der Waals surface area contributed by atoms with Crippen molar-refractivity contribution in [1.29, 1.82) is 0 Å². The van der Waals surface area contributed by atoms with Gasteiger partial charge in [0.25, 0.3) is 0 Å². The van der Waals surface area contributed by atoms with Crippen LogP contribution in [0.5, 0.6) is 0 Å². The number of morpholine rings is 1. The first-order valence-electron chi connectivity index (χ1n) is 5.88. The molecule has 0 aliphatic carbocycles. The highest BCUT2D eigenvalue weighted by atomic mass is 32.1. The van der Waals surface area contributed by atoms with Crippen LogP contribution in [0.25, 0.3) is 0 Å². The molecule has 1 aliphatic rings. The topological polar surface area (TPSA) is 12.5 Å². The molecule has 0 aromatic rings. The predicted octanol–water partition coefficient (Wildman–Crippen LogP) is 2.59. The van der Waals surface area contributed by atoms with Gasteiger partial charge in [0, 0.05) is 13.1 Å². The Morgan fingerprint density at radius 2 is 1.60 bits per heavy atom. The van der Waals surface area contributed by atoms with E-state index in [1.807, 2.05) is 0 Å². The fraction of sp³-hybridized carbons (Fsp3) is 1.00. The average molecular weight is 231 g/mol. The summed E-state index contributed by atoms with van der Waals surface area (Å²) in [7, 11) is 0. The van der Waals surface area contributed by atoms with Gasteiger partial charge in [0.1, 0.15) is 0 Å². The summed E-state index contributed by atoms with van der Waals surface area (Å²) in [5, 5.41) is 0. The smallest absolute Gasteiger partial charge is 0.0760 e. The molecule has 0 aromatic heterocycles. The number of rotatable bonds is 4. The zero-order valence-corrected chi connectivity index (χ0v) is 11.4. The minimum absolute atomic E-state index is 0.0112. The SMILES string of the molecule is CC1(C)CN(CCCCS)CC(C)(C)O1. The van der Waals surface area contributed by atoms with Crippen LogP contribution in [0.15, 0.2) is 0 Å². The third kappa shape index (κ3) is 4.75. The molecule has 0 atom stereocenters. The van der Waals surface area contributed by atoms with Gasteiger partial charge < -0.3 is 4.74 Å². The van der Waals surface area contributed by atoms with Crippen LogP contribution in [0.1, 0.15) is 40.5 Å². The van der Waals surface area contributed by atoms with Crippen molar-refractivity contribution < 1.29 is 4.74 Å². The van der Waals surface area contributed by atoms with E-state index in [2.05, 4.69) is 45.2 Å². The van der Waals surface area contributed by atoms with Gasteiger partial charge in [0.15, 0.2) is 0 Å². The molecule has 0 radical (unpaired) electrons. The second-order valence-electron chi connectivity index (χ2n) is 5.76. The van der Waals surface area contributed by atoms with Crippen LogP contribution >= 0.6 is 12.6 Å². The molecule has 0 spiro atoms. The molecular weight excluding hydrogens is 206 g/mol. The maximum absolute atomic E-state index is 6.04. The largest absolute Gasteiger partial charge is 0.367 e. The van der Waals surface area contributed by atoms with Gasteiger partial charge in [-0.1, -0.05) is 0 Å². The lowest BCUT2D eigenvalue weighted by molar-refractivity contribution is -0.180. The number of ether oxygens (including phenoxy) is 1. The zero-order valence-electron chi connectivity index (χ0n) is 10.5. The van der Waals surface area contributed by atoms with Crippen molar-refractivity contribution in [3.8, 4) is 0 Å². The summed E-state index contributed by atoms with van der Waals surface area (Å²) in [6.45, 7) is 12.0. The molecule has 2 nitrogen and oxygen atoms in total. The number of nitrogens with zero attached hydrogens (tertiary/aromatic N) is 1. The molecule has 1 rings (SSSR count). The van der Waals surface area contributed by atoms with Crippen LogP contribution in [0.2, 0.25) is 0 Å². The zero-order chi connectivity index (χ0) is 11.5. The van der Waals surface area contributed by atoms with E-state index in [4.69, 9.17) is 4.74 Å². The second-order valence-corrected chi connectivity index (χ2v) is 6.21. The number of unbranched alkanes of at least 4 members (excludes halogenated alkanes) is 1. The Morgan fingerprint density at radius 3 is 2.07 bits per heavy atom. The monoisotopic (exact) mass is 231 g/mol. The molecule has 0 amide bonds. The van der Waals surface area contributed by atoms with E-state index in [9.17, 15) is 0 Å². The van der Waals surface area contributed by atoms with E-state index in [1.54, 1.807) is 0 Å². The van der Waals surface area contributed by atoms with Crippen LogP contribution in [-0.2, 0) is 4.74 Å². The van der Waals surface area contributed by atoms with Crippen molar-refractivity contribution in [2.75, 3.05) is 25.4 Å². The lowest BCUT2D eigenvalue weighted by atomic mass is 9.99. The molecule has 0 aromatic carbocycles. The Balaban J connectivity index is 2.44. The van der Waals surface area contributed by atoms with E-state index >= 15 is 0 Å². The lowest BCUT2D eigenvalue weighted by Crippen LogP contribution is -2.57. The quantitative estimate of drug-likeness (QED) is 0.590. The van der Waals surface area contributed by atoms with Crippen molar-refractivity contribution in [1.82, 2.24) is 4.90 Å². The molecule has 0 N–H and O–H groups in total. The third-order valence-electron chi connectivity index (χ3n) is 2.64. The second kappa shape index (κ2) is 5.07. The van der Waals surface area contributed by atoms with Gasteiger partial charge in [-0.3, -0.25) is 4.90 Å². The molecule has 15 heavy (non-hydrogen) atoms. The summed E-state index contributed by atoms with van der Waals surface area (Å²) in [6, 6.07) is 0. The Bertz CT molecular complexity index is 188. The maximum Gasteiger partial charge on any atom is 0.0760 e. The molecule has 3 heteroatoms. The molecule has 90 valence electrons. The van der Waals surface area contributed by atoms with Gasteiger partial charge in [-0.25, -0.2) is 0 Å². The van der Waals surface area contributed by atoms with Crippen LogP contribution < -0.4 is 0 Å². The Kier molecular flexibility index (Phi) is 4.50. The van der Waals surface area contributed by atoms with Crippen molar-refractivity contribution >= 4 is 12.6 Å². The van der Waals surface area contributed by atoms with E-state index in [0.717, 1.165) is 18.8 Å². The first-order chi connectivity index (χ1) is 6.85. The summed E-state index contributed by atoms with van der Waals surface area (Å²) >= 11 is 4.24. The minimum Gasteiger partial charge on any atom is -0.367 e. The molecule has 1 heterocycles. The summed E-state index contributed by atoms with van der Waals surface area (Å²) in [4.78, 5) is 2.52. The standard InChI is InChI=1S/C12H25NOS/c1-11(2)9-13(7-5-6-8-15)10-12(3,4)14-11/h15H,5-10H2,1-4H3. The average Bonchev–Trinajstić information content (AvgIpc) is 1.98. The third-order valence-corrected chi connectivity index (χ3v) is 2.96. The highest BCUT2D eigenvalue weighted by Crippen LogP contribution is 2.27. The van der Waals surface area contributed by atoms with Gasteiger partial charge in [-0.15, -0.1) is 0 Å². The van der Waals surface area contributed by atoms with Crippen molar-refractivity contribution in [2.45, 2.75) is 51.7 Å². The minimum atomic E-state index is -0.0112. The molecule has 0 saturated carbocycles. The molecule has 1 aliphatic heterocycles. The normalized spacial score (nSPS) is 25.4. The van der Waals surface area contributed by atoms with Crippen molar-refractivity contribution in [2.24, 2.45) is 0 Å². The van der Waals surface area contributed by atoms with E-state index in [1.165, 1.54) is 19.4 Å². The fourth-order valence-corrected chi connectivity index (χ4v) is 2.77. The summed E-state index contributed by atoms with van der Waals surface area (Å²) in [6.07, 6.45) is 2.46. The van der Waals surface area contributed by atoms with Gasteiger partial charge in [-0.2, -0.15) is 12.6 Å². The summed E-state index contributed by atoms with van der Waals surface area (Å²) in [5.41, 5.74) is -0.0224. The molecule has 1 saturated heterocycles. The number of thiol groups is 1. The van der Waals surface area contributed by atoms with Gasteiger partial charge in [-0.05, 0) is 52.8 Å². The highest BCUT2D eigenvalue weighted by Gasteiger charge is 2.37. The Hall–Kier alpha value is 0.270.